The van der Waals surface area contributed by atoms with Crippen LogP contribution in [0.1, 0.15) is 57.3 Å². The topological polar surface area (TPSA) is 39.9 Å². The fourth-order valence-electron chi connectivity index (χ4n) is 2.78. The van der Waals surface area contributed by atoms with Crippen LogP contribution in [0, 0.1) is 0 Å². The molecule has 0 amide bonds. The first-order valence-electron chi connectivity index (χ1n) is 8.10. The number of rotatable bonds is 9. The van der Waals surface area contributed by atoms with Crippen molar-refractivity contribution in [1.82, 2.24) is 9.80 Å². The highest BCUT2D eigenvalue weighted by Crippen LogP contribution is 2.28. The van der Waals surface area contributed by atoms with Crippen LogP contribution in [0.5, 0.6) is 0 Å². The van der Waals surface area contributed by atoms with Gasteiger partial charge in [0.1, 0.15) is 5.76 Å². The van der Waals surface area contributed by atoms with Crippen LogP contribution >= 0.6 is 0 Å². The third-order valence-corrected chi connectivity index (χ3v) is 4.04. The van der Waals surface area contributed by atoms with Crippen LogP contribution in [0.15, 0.2) is 34.7 Å². The highest BCUT2D eigenvalue weighted by atomic mass is 16.4. The van der Waals surface area contributed by atoms with E-state index in [1.807, 2.05) is 19.2 Å². The number of aliphatic hydroxyl groups excluding tert-OH is 1. The molecule has 21 heavy (non-hydrogen) atoms. The standard InChI is InChI=1S/C17H28N2O2/c1-3-4-5-6-7-8-11-19-13-15(18(2)14-19)17(20)16-10-9-12-21-16/h9-10,12-13,17,20H,3-8,11,14H2,1-2H3. The van der Waals surface area contributed by atoms with Gasteiger partial charge in [0.2, 0.25) is 0 Å². The Balaban J connectivity index is 1.76. The summed E-state index contributed by atoms with van der Waals surface area (Å²) in [7, 11) is 2.01. The van der Waals surface area contributed by atoms with E-state index in [1.54, 1.807) is 6.26 Å². The third kappa shape index (κ3) is 4.53. The van der Waals surface area contributed by atoms with Crippen LogP contribution in [0.2, 0.25) is 0 Å². The first kappa shape index (κ1) is 16.0. The lowest BCUT2D eigenvalue weighted by molar-refractivity contribution is 0.151. The Morgan fingerprint density at radius 3 is 2.71 bits per heavy atom. The van der Waals surface area contributed by atoms with Gasteiger partial charge >= 0.3 is 0 Å². The van der Waals surface area contributed by atoms with E-state index < -0.39 is 6.10 Å². The predicted octanol–water partition coefficient (Wildman–Crippen LogP) is 3.72. The fraction of sp³-hybridized carbons (Fsp3) is 0.647. The van der Waals surface area contributed by atoms with Gasteiger partial charge in [-0.25, -0.2) is 0 Å². The molecular formula is C17H28N2O2. The number of likely N-dealkylation sites (N-methyl/N-ethyl adjacent to an activating group) is 1. The second-order valence-electron chi connectivity index (χ2n) is 5.89. The molecule has 1 unspecified atom stereocenters. The van der Waals surface area contributed by atoms with E-state index in [4.69, 9.17) is 4.42 Å². The number of unbranched alkanes of at least 4 members (excludes halogenated alkanes) is 5. The molecule has 118 valence electrons. The van der Waals surface area contributed by atoms with Crippen molar-refractivity contribution >= 4 is 0 Å². The molecule has 2 heterocycles. The zero-order valence-corrected chi connectivity index (χ0v) is 13.3. The second kappa shape index (κ2) is 8.13. The molecule has 4 heteroatoms. The van der Waals surface area contributed by atoms with Crippen molar-refractivity contribution < 1.29 is 9.52 Å². The Labute approximate surface area is 128 Å². The maximum absolute atomic E-state index is 10.3. The van der Waals surface area contributed by atoms with Gasteiger partial charge in [0, 0.05) is 19.8 Å². The van der Waals surface area contributed by atoms with Crippen LogP contribution < -0.4 is 0 Å². The van der Waals surface area contributed by atoms with E-state index >= 15 is 0 Å². The minimum atomic E-state index is -0.667. The Bertz CT molecular complexity index is 428. The highest BCUT2D eigenvalue weighted by Gasteiger charge is 2.25. The molecule has 0 aromatic carbocycles. The molecule has 1 aromatic rings. The van der Waals surface area contributed by atoms with E-state index in [1.165, 1.54) is 38.5 Å². The number of hydrogen-bond acceptors (Lipinski definition) is 4. The van der Waals surface area contributed by atoms with Crippen molar-refractivity contribution in [3.63, 3.8) is 0 Å². The molecule has 1 N–H and O–H groups in total. The third-order valence-electron chi connectivity index (χ3n) is 4.04. The summed E-state index contributed by atoms with van der Waals surface area (Å²) >= 11 is 0. The summed E-state index contributed by atoms with van der Waals surface area (Å²) in [6.07, 6.45) is 10.9. The van der Waals surface area contributed by atoms with Gasteiger partial charge in [-0.15, -0.1) is 0 Å². The summed E-state index contributed by atoms with van der Waals surface area (Å²) in [5.74, 6) is 0.606. The Morgan fingerprint density at radius 2 is 2.00 bits per heavy atom. The average Bonchev–Trinajstić information content (AvgIpc) is 3.12. The van der Waals surface area contributed by atoms with Gasteiger partial charge in [-0.05, 0) is 18.6 Å². The first-order chi connectivity index (χ1) is 10.2. The number of aliphatic hydroxyl groups is 1. The number of furan rings is 1. The lowest BCUT2D eigenvalue weighted by Gasteiger charge is -2.20. The van der Waals surface area contributed by atoms with Gasteiger partial charge in [-0.3, -0.25) is 0 Å². The van der Waals surface area contributed by atoms with E-state index in [0.717, 1.165) is 18.9 Å². The highest BCUT2D eigenvalue weighted by molar-refractivity contribution is 5.19. The Morgan fingerprint density at radius 1 is 1.24 bits per heavy atom. The summed E-state index contributed by atoms with van der Waals surface area (Å²) in [5.41, 5.74) is 0.913. The first-order valence-corrected chi connectivity index (χ1v) is 8.10. The van der Waals surface area contributed by atoms with E-state index in [9.17, 15) is 5.11 Å². The second-order valence-corrected chi connectivity index (χ2v) is 5.89. The van der Waals surface area contributed by atoms with Gasteiger partial charge in [-0.2, -0.15) is 0 Å². The van der Waals surface area contributed by atoms with Gasteiger partial charge in [-0.1, -0.05) is 39.0 Å². The summed E-state index contributed by atoms with van der Waals surface area (Å²) in [6.45, 7) is 4.16. The minimum absolute atomic E-state index is 0.606. The molecule has 1 aromatic heterocycles. The predicted molar refractivity (Wildman–Crippen MR) is 84.5 cm³/mol. The Hall–Kier alpha value is -1.42. The molecule has 0 saturated heterocycles. The van der Waals surface area contributed by atoms with Gasteiger partial charge in [0.25, 0.3) is 0 Å². The van der Waals surface area contributed by atoms with Gasteiger partial charge in [0.05, 0.1) is 18.6 Å². The monoisotopic (exact) mass is 292 g/mol. The van der Waals surface area contributed by atoms with Crippen molar-refractivity contribution in [3.05, 3.63) is 36.1 Å². The molecular weight excluding hydrogens is 264 g/mol. The SMILES string of the molecule is CCCCCCCCN1C=C(C(O)c2ccco2)N(C)C1. The maximum atomic E-state index is 10.3. The molecule has 0 saturated carbocycles. The molecule has 0 fully saturated rings. The zero-order chi connectivity index (χ0) is 15.1. The van der Waals surface area contributed by atoms with Gasteiger partial charge in [0.15, 0.2) is 6.10 Å². The maximum Gasteiger partial charge on any atom is 0.153 e. The average molecular weight is 292 g/mol. The molecule has 0 bridgehead atoms. The van der Waals surface area contributed by atoms with Gasteiger partial charge < -0.3 is 19.3 Å². The van der Waals surface area contributed by atoms with E-state index in [2.05, 4.69) is 22.9 Å². The van der Waals surface area contributed by atoms with E-state index in [-0.39, 0.29) is 0 Å². The van der Waals surface area contributed by atoms with Crippen molar-refractivity contribution in [2.24, 2.45) is 0 Å². The largest absolute Gasteiger partial charge is 0.466 e. The normalized spacial score (nSPS) is 16.4. The molecule has 0 radical (unpaired) electrons. The lowest BCUT2D eigenvalue weighted by Crippen LogP contribution is -2.25. The Kier molecular flexibility index (Phi) is 6.18. The number of hydrogen-bond donors (Lipinski definition) is 1. The van der Waals surface area contributed by atoms with Crippen LogP contribution in [0.3, 0.4) is 0 Å². The number of nitrogens with zero attached hydrogens (tertiary/aromatic N) is 2. The lowest BCUT2D eigenvalue weighted by atomic mass is 10.1. The van der Waals surface area contributed by atoms with E-state index in [0.29, 0.717) is 5.76 Å². The van der Waals surface area contributed by atoms with Crippen molar-refractivity contribution in [2.75, 3.05) is 20.3 Å². The van der Waals surface area contributed by atoms with Crippen molar-refractivity contribution in [1.29, 1.82) is 0 Å². The molecule has 0 aliphatic carbocycles. The fourth-order valence-corrected chi connectivity index (χ4v) is 2.78. The van der Waals surface area contributed by atoms with Crippen LogP contribution in [-0.2, 0) is 0 Å². The van der Waals surface area contributed by atoms with Crippen LogP contribution in [0.4, 0.5) is 0 Å². The molecule has 4 nitrogen and oxygen atoms in total. The summed E-state index contributed by atoms with van der Waals surface area (Å²) in [6, 6.07) is 3.62. The molecule has 2 rings (SSSR count). The van der Waals surface area contributed by atoms with Crippen molar-refractivity contribution in [2.45, 2.75) is 51.6 Å². The molecule has 1 aliphatic rings. The summed E-state index contributed by atoms with van der Waals surface area (Å²) in [4.78, 5) is 4.37. The van der Waals surface area contributed by atoms with Crippen LogP contribution in [-0.4, -0.2) is 35.2 Å². The minimum Gasteiger partial charge on any atom is -0.466 e. The molecule has 0 spiro atoms. The van der Waals surface area contributed by atoms with Crippen LogP contribution in [0.25, 0.3) is 0 Å². The molecule has 1 aliphatic heterocycles. The summed E-state index contributed by atoms with van der Waals surface area (Å²) in [5, 5.41) is 10.3. The summed E-state index contributed by atoms with van der Waals surface area (Å²) < 4.78 is 5.29. The smallest absolute Gasteiger partial charge is 0.153 e. The van der Waals surface area contributed by atoms with Crippen molar-refractivity contribution in [3.8, 4) is 0 Å². The zero-order valence-electron chi connectivity index (χ0n) is 13.3. The molecule has 1 atom stereocenters. The quantitative estimate of drug-likeness (QED) is 0.704.